The summed E-state index contributed by atoms with van der Waals surface area (Å²) in [4.78, 5) is 56.6. The third-order valence-corrected chi connectivity index (χ3v) is 6.95. The van der Waals surface area contributed by atoms with Crippen LogP contribution in [0.1, 0.15) is 24.0 Å². The molecular weight excluding hydrogens is 496 g/mol. The van der Waals surface area contributed by atoms with E-state index >= 15 is 0 Å². The average Bonchev–Trinajstić information content (AvgIpc) is 3.34. The number of aromatic nitrogens is 1. The molecule has 1 aliphatic heterocycles. The number of nitrogens with zero attached hydrogens (tertiary/aromatic N) is 1. The van der Waals surface area contributed by atoms with Crippen molar-refractivity contribution in [1.29, 1.82) is 5.41 Å². The van der Waals surface area contributed by atoms with Crippen LogP contribution in [0.4, 0.5) is 0 Å². The Bertz CT molecular complexity index is 1330. The minimum absolute atomic E-state index is 0.0295. The zero-order valence-corrected chi connectivity index (χ0v) is 21.9. The molecule has 1 aliphatic rings. The Balaban J connectivity index is 1.50. The van der Waals surface area contributed by atoms with E-state index in [4.69, 9.17) is 5.41 Å². The van der Waals surface area contributed by atoms with Crippen LogP contribution < -0.4 is 16.0 Å². The van der Waals surface area contributed by atoms with Crippen LogP contribution in [0, 0.1) is 11.3 Å². The van der Waals surface area contributed by atoms with Crippen LogP contribution in [-0.2, 0) is 32.1 Å². The Morgan fingerprint density at radius 3 is 2.44 bits per heavy atom. The van der Waals surface area contributed by atoms with E-state index < -0.39 is 29.7 Å². The maximum Gasteiger partial charge on any atom is 0.243 e. The molecule has 3 aromatic rings. The zero-order chi connectivity index (χ0) is 27.8. The number of carbonyl (C=O) groups is 4. The highest BCUT2D eigenvalue weighted by atomic mass is 16.2. The van der Waals surface area contributed by atoms with Crippen molar-refractivity contribution in [3.63, 3.8) is 0 Å². The summed E-state index contributed by atoms with van der Waals surface area (Å²) in [6, 6.07) is 15.1. The predicted octanol–water partition coefficient (Wildman–Crippen LogP) is 1.56. The van der Waals surface area contributed by atoms with E-state index in [9.17, 15) is 19.2 Å². The summed E-state index contributed by atoms with van der Waals surface area (Å²) in [5.41, 5.74) is 2.67. The fourth-order valence-corrected chi connectivity index (χ4v) is 4.69. The molecule has 0 radical (unpaired) electrons. The molecule has 0 bridgehead atoms. The second-order valence-corrected chi connectivity index (χ2v) is 9.96. The lowest BCUT2D eigenvalue weighted by Crippen LogP contribution is -2.58. The van der Waals surface area contributed by atoms with Crippen molar-refractivity contribution >= 4 is 40.6 Å². The summed E-state index contributed by atoms with van der Waals surface area (Å²) in [5, 5.41) is 16.6. The number of nitrogens with one attached hydrogen (secondary N) is 5. The fraction of sp³-hybridized carbons (Fsp3) is 0.345. The number of amides is 3. The molecule has 5 N–H and O–H groups in total. The average molecular weight is 531 g/mol. The summed E-state index contributed by atoms with van der Waals surface area (Å²) >= 11 is 0. The van der Waals surface area contributed by atoms with Crippen molar-refractivity contribution in [2.24, 2.45) is 5.92 Å². The van der Waals surface area contributed by atoms with E-state index in [1.807, 2.05) is 72.7 Å². The number of aromatic amines is 1. The summed E-state index contributed by atoms with van der Waals surface area (Å²) in [6.45, 7) is 1.49. The summed E-state index contributed by atoms with van der Waals surface area (Å²) in [7, 11) is 1.92. The molecule has 2 heterocycles. The van der Waals surface area contributed by atoms with E-state index in [1.54, 1.807) is 0 Å². The van der Waals surface area contributed by atoms with Crippen molar-refractivity contribution in [3.8, 4) is 0 Å². The van der Waals surface area contributed by atoms with E-state index in [0.717, 1.165) is 22.0 Å². The number of likely N-dealkylation sites (tertiary alicyclic amines) is 1. The smallest absolute Gasteiger partial charge is 0.243 e. The number of Topliss-reactive ketones (excluding diaryl/α,β-unsaturated/α-hetero) is 1. The number of carbonyl (C=O) groups excluding carboxylic acids is 4. The topological polar surface area (TPSA) is 147 Å². The number of rotatable bonds is 13. The van der Waals surface area contributed by atoms with Crippen molar-refractivity contribution in [3.05, 3.63) is 71.9 Å². The van der Waals surface area contributed by atoms with Crippen molar-refractivity contribution in [2.75, 3.05) is 20.1 Å². The highest BCUT2D eigenvalue weighted by Crippen LogP contribution is 2.20. The first-order valence-corrected chi connectivity index (χ1v) is 13.0. The molecular formula is C29H34N6O4. The molecule has 0 aliphatic carbocycles. The van der Waals surface area contributed by atoms with Gasteiger partial charge < -0.3 is 31.2 Å². The molecule has 10 heteroatoms. The molecule has 2 atom stereocenters. The third-order valence-electron chi connectivity index (χ3n) is 6.95. The number of fused-ring (bicyclic) bond motifs is 1. The standard InChI is InChI=1S/C29H34N6O4/c1-35-17-21(18-35)27(37)34-26(13-20-16-31-24-10-6-5-9-23(20)24)29(39)33-25(12-11-22(36)14-30)28(38)32-15-19-7-3-2-4-8-19/h2-10,14,16,21,25-26,30-31H,11-13,15,17-18H2,1H3,(H,32,38)(H,33,39)(H,34,37)/t25-,26-/m0/s1. The van der Waals surface area contributed by atoms with Crippen molar-refractivity contribution in [2.45, 2.75) is 37.9 Å². The molecule has 1 aromatic heterocycles. The molecule has 0 spiro atoms. The summed E-state index contributed by atoms with van der Waals surface area (Å²) in [6.07, 6.45) is 2.71. The summed E-state index contributed by atoms with van der Waals surface area (Å²) in [5.74, 6) is -1.81. The highest BCUT2D eigenvalue weighted by Gasteiger charge is 2.34. The van der Waals surface area contributed by atoms with Gasteiger partial charge in [0.25, 0.3) is 0 Å². The number of hydrogen-bond acceptors (Lipinski definition) is 6. The van der Waals surface area contributed by atoms with Gasteiger partial charge in [-0.25, -0.2) is 0 Å². The van der Waals surface area contributed by atoms with E-state index in [2.05, 4.69) is 20.9 Å². The predicted molar refractivity (Wildman–Crippen MR) is 148 cm³/mol. The fourth-order valence-electron chi connectivity index (χ4n) is 4.69. The van der Waals surface area contributed by atoms with Gasteiger partial charge in [0.15, 0.2) is 5.78 Å². The molecule has 204 valence electrons. The van der Waals surface area contributed by atoms with Gasteiger partial charge in [-0.15, -0.1) is 0 Å². The second kappa shape index (κ2) is 13.0. The number of H-pyrrole nitrogens is 1. The minimum Gasteiger partial charge on any atom is -0.361 e. The molecule has 0 saturated carbocycles. The molecule has 39 heavy (non-hydrogen) atoms. The van der Waals surface area contributed by atoms with Crippen LogP contribution in [0.25, 0.3) is 10.9 Å². The third kappa shape index (κ3) is 7.38. The Hall–Kier alpha value is -4.31. The highest BCUT2D eigenvalue weighted by molar-refractivity contribution is 6.26. The molecule has 0 unspecified atom stereocenters. The maximum absolute atomic E-state index is 13.6. The lowest BCUT2D eigenvalue weighted by Gasteiger charge is -2.35. The molecule has 10 nitrogen and oxygen atoms in total. The van der Waals surface area contributed by atoms with Gasteiger partial charge in [0.1, 0.15) is 12.1 Å². The van der Waals surface area contributed by atoms with E-state index in [-0.39, 0.29) is 37.6 Å². The molecule has 1 saturated heterocycles. The van der Waals surface area contributed by atoms with Gasteiger partial charge in [0, 0.05) is 49.6 Å². The number of para-hydroxylation sites is 1. The zero-order valence-electron chi connectivity index (χ0n) is 21.9. The van der Waals surface area contributed by atoms with Crippen LogP contribution in [0.15, 0.2) is 60.8 Å². The van der Waals surface area contributed by atoms with Crippen LogP contribution >= 0.6 is 0 Å². The van der Waals surface area contributed by atoms with Gasteiger partial charge in [-0.05, 0) is 30.7 Å². The van der Waals surface area contributed by atoms with Gasteiger partial charge >= 0.3 is 0 Å². The van der Waals surface area contributed by atoms with Gasteiger partial charge in [0.05, 0.1) is 12.1 Å². The molecule has 3 amide bonds. The van der Waals surface area contributed by atoms with Crippen LogP contribution in [0.2, 0.25) is 0 Å². The number of ketones is 1. The normalized spacial score (nSPS) is 15.1. The van der Waals surface area contributed by atoms with Crippen LogP contribution in [0.3, 0.4) is 0 Å². The second-order valence-electron chi connectivity index (χ2n) is 9.96. The van der Waals surface area contributed by atoms with E-state index in [1.165, 1.54) is 0 Å². The summed E-state index contributed by atoms with van der Waals surface area (Å²) < 4.78 is 0. The first-order valence-electron chi connectivity index (χ1n) is 13.0. The number of hydrogen-bond donors (Lipinski definition) is 5. The molecule has 4 rings (SSSR count). The quantitative estimate of drug-likeness (QED) is 0.213. The van der Waals surface area contributed by atoms with Crippen LogP contribution in [-0.4, -0.2) is 71.8 Å². The van der Waals surface area contributed by atoms with Crippen molar-refractivity contribution < 1.29 is 19.2 Å². The van der Waals surface area contributed by atoms with E-state index in [0.29, 0.717) is 19.3 Å². The SMILES string of the molecule is CN1CC(C(=O)N[C@@H](Cc2c[nH]c3ccccc23)C(=O)N[C@@H](CCC(=O)C=N)C(=O)NCc2ccccc2)C1. The lowest BCUT2D eigenvalue weighted by atomic mass is 9.98. The first kappa shape index (κ1) is 27.7. The van der Waals surface area contributed by atoms with Gasteiger partial charge in [-0.2, -0.15) is 0 Å². The Labute approximate surface area is 227 Å². The Kier molecular flexibility index (Phi) is 9.22. The maximum atomic E-state index is 13.6. The van der Waals surface area contributed by atoms with Gasteiger partial charge in [-0.1, -0.05) is 48.5 Å². The van der Waals surface area contributed by atoms with Crippen molar-refractivity contribution in [1.82, 2.24) is 25.8 Å². The van der Waals surface area contributed by atoms with Crippen LogP contribution in [0.5, 0.6) is 0 Å². The Morgan fingerprint density at radius 1 is 1.00 bits per heavy atom. The Morgan fingerprint density at radius 2 is 1.72 bits per heavy atom. The minimum atomic E-state index is -1.01. The first-order chi connectivity index (χ1) is 18.8. The number of benzene rings is 2. The van der Waals surface area contributed by atoms with Gasteiger partial charge in [0.2, 0.25) is 17.7 Å². The molecule has 2 aromatic carbocycles. The monoisotopic (exact) mass is 530 g/mol. The largest absolute Gasteiger partial charge is 0.361 e. The molecule has 1 fully saturated rings. The lowest BCUT2D eigenvalue weighted by molar-refractivity contribution is -0.135. The van der Waals surface area contributed by atoms with Gasteiger partial charge in [-0.3, -0.25) is 19.2 Å².